The Bertz CT molecular complexity index is 1430. The van der Waals surface area contributed by atoms with Crippen molar-refractivity contribution in [2.45, 2.75) is 91.6 Å². The molecule has 308 valence electrons. The van der Waals surface area contributed by atoms with Crippen molar-refractivity contribution < 1.29 is 65.2 Å². The van der Waals surface area contributed by atoms with E-state index in [0.717, 1.165) is 6.26 Å². The maximum atomic E-state index is 12.3. The lowest BCUT2D eigenvalue weighted by Crippen LogP contribution is -2.36. The molecule has 17 heteroatoms. The van der Waals surface area contributed by atoms with Gasteiger partial charge < -0.3 is 43.0 Å². The first-order valence-corrected chi connectivity index (χ1v) is 19.6. The summed E-state index contributed by atoms with van der Waals surface area (Å²) in [5.74, 6) is -0.294. The minimum Gasteiger partial charge on any atom is -0.490 e. The van der Waals surface area contributed by atoms with Crippen LogP contribution in [0.15, 0.2) is 36.7 Å². The summed E-state index contributed by atoms with van der Waals surface area (Å²) < 4.78 is 70.3. The van der Waals surface area contributed by atoms with Crippen LogP contribution in [0.4, 0.5) is 0 Å². The molecular weight excluding hydrogens is 728 g/mol. The van der Waals surface area contributed by atoms with Crippen molar-refractivity contribution in [2.24, 2.45) is 0 Å². The summed E-state index contributed by atoms with van der Waals surface area (Å²) >= 11 is 0. The fourth-order valence-corrected chi connectivity index (χ4v) is 4.54. The molecule has 0 spiro atoms. The smallest absolute Gasteiger partial charge is 0.337 e. The second-order valence-electron chi connectivity index (χ2n) is 13.6. The molecule has 0 amide bonds. The van der Waals surface area contributed by atoms with E-state index in [2.05, 4.69) is 9.97 Å². The molecule has 2 unspecified atom stereocenters. The van der Waals surface area contributed by atoms with E-state index < -0.39 is 45.5 Å². The van der Waals surface area contributed by atoms with E-state index in [1.54, 1.807) is 72.0 Å². The van der Waals surface area contributed by atoms with Gasteiger partial charge >= 0.3 is 11.9 Å². The molecule has 0 aliphatic heterocycles. The maximum Gasteiger partial charge on any atom is 0.337 e. The number of carbonyl (C=O) groups is 2. The first-order chi connectivity index (χ1) is 25.3. The zero-order valence-corrected chi connectivity index (χ0v) is 34.0. The summed E-state index contributed by atoms with van der Waals surface area (Å²) in [6.45, 7) is 19.3. The molecule has 0 bridgehead atoms. The quantitative estimate of drug-likeness (QED) is 0.0921. The van der Waals surface area contributed by atoms with Crippen LogP contribution >= 0.6 is 0 Å². The number of hydrogen-bond acceptors (Lipinski definition) is 16. The number of ether oxygens (including phenoxy) is 8. The van der Waals surface area contributed by atoms with E-state index >= 15 is 0 Å². The van der Waals surface area contributed by atoms with Gasteiger partial charge in [-0.25, -0.2) is 9.59 Å². The third-order valence-corrected chi connectivity index (χ3v) is 6.76. The summed E-state index contributed by atoms with van der Waals surface area (Å²) in [5.41, 5.74) is -0.358. The predicted octanol–water partition coefficient (Wildman–Crippen LogP) is 3.50. The first kappa shape index (κ1) is 48.6. The highest BCUT2D eigenvalue weighted by Crippen LogP contribution is 2.17. The summed E-state index contributed by atoms with van der Waals surface area (Å²) in [5, 5.41) is 9.89. The number of aliphatic hydroxyl groups excluding tert-OH is 1. The van der Waals surface area contributed by atoms with Gasteiger partial charge in [-0.3, -0.25) is 14.2 Å². The van der Waals surface area contributed by atoms with Crippen molar-refractivity contribution in [1.82, 2.24) is 9.97 Å². The second kappa shape index (κ2) is 25.6. The van der Waals surface area contributed by atoms with Gasteiger partial charge in [-0.2, -0.15) is 8.42 Å². The molecule has 0 saturated heterocycles. The number of pyridine rings is 2. The highest BCUT2D eigenvalue weighted by molar-refractivity contribution is 7.86. The highest BCUT2D eigenvalue weighted by Gasteiger charge is 2.30. The van der Waals surface area contributed by atoms with Gasteiger partial charge in [-0.15, -0.1) is 0 Å². The third-order valence-electron chi connectivity index (χ3n) is 6.18. The minimum atomic E-state index is -3.85. The molecule has 0 aliphatic rings. The van der Waals surface area contributed by atoms with Crippen LogP contribution in [0.2, 0.25) is 0 Å². The van der Waals surface area contributed by atoms with Crippen molar-refractivity contribution >= 4 is 22.1 Å². The Morgan fingerprint density at radius 1 is 0.648 bits per heavy atom. The van der Waals surface area contributed by atoms with E-state index in [0.29, 0.717) is 89.0 Å². The normalized spacial score (nSPS) is 12.9. The number of aliphatic hydroxyl groups is 1. The van der Waals surface area contributed by atoms with Crippen LogP contribution in [0, 0.1) is 0 Å². The lowest BCUT2D eigenvalue weighted by molar-refractivity contribution is -0.165. The monoisotopic (exact) mass is 788 g/mol. The molecule has 16 nitrogen and oxygen atoms in total. The molecule has 2 rings (SSSR count). The van der Waals surface area contributed by atoms with E-state index in [-0.39, 0.29) is 12.8 Å². The number of carbonyl (C=O) groups excluding carboxylic acids is 2. The molecule has 0 fully saturated rings. The summed E-state index contributed by atoms with van der Waals surface area (Å²) in [4.78, 5) is 32.4. The van der Waals surface area contributed by atoms with Gasteiger partial charge in [0, 0.05) is 37.4 Å². The molecule has 0 radical (unpaired) electrons. The van der Waals surface area contributed by atoms with Crippen molar-refractivity contribution in [3.8, 4) is 11.5 Å². The van der Waals surface area contributed by atoms with Crippen LogP contribution in [0.25, 0.3) is 0 Å². The molecule has 0 aromatic carbocycles. The lowest BCUT2D eigenvalue weighted by Gasteiger charge is -2.23. The molecule has 1 N–H and O–H groups in total. The summed E-state index contributed by atoms with van der Waals surface area (Å²) in [6.07, 6.45) is 1.41. The molecule has 54 heavy (non-hydrogen) atoms. The minimum absolute atomic E-state index is 0.0528. The Morgan fingerprint density at radius 2 is 1.06 bits per heavy atom. The standard InChI is InChI=1S/C19H31NO8S.C18H29NO6/c1-6-24-9-10-25-11-12-26-16-8-7-15(20-14-16)13-17(28-29(5,22)23)18(21)27-19(2,3)4;1-5-22-8-9-23-10-11-24-15-7-6-14(19-13-15)12-16(20)17(21)25-18(2,3)4/h7-8,14,17H,6,9-13H2,1-5H3;6-7,13,16,20H,5,8-12H2,1-4H3. The molecule has 2 aromatic heterocycles. The first-order valence-electron chi connectivity index (χ1n) is 17.8. The van der Waals surface area contributed by atoms with Crippen molar-refractivity contribution in [1.29, 1.82) is 0 Å². The zero-order chi connectivity index (χ0) is 40.6. The Labute approximate surface area is 320 Å². The molecule has 2 atom stereocenters. The predicted molar refractivity (Wildman–Crippen MR) is 199 cm³/mol. The van der Waals surface area contributed by atoms with Gasteiger partial charge in [0.1, 0.15) is 35.9 Å². The van der Waals surface area contributed by atoms with Crippen molar-refractivity contribution in [2.75, 3.05) is 72.3 Å². The number of aromatic nitrogens is 2. The maximum absolute atomic E-state index is 12.3. The average Bonchev–Trinajstić information content (AvgIpc) is 3.07. The van der Waals surface area contributed by atoms with E-state index in [1.165, 1.54) is 6.20 Å². The van der Waals surface area contributed by atoms with E-state index in [9.17, 15) is 23.1 Å². The number of hydrogen-bond donors (Lipinski definition) is 1. The molecule has 0 aliphatic carbocycles. The van der Waals surface area contributed by atoms with Crippen LogP contribution in [0.3, 0.4) is 0 Å². The van der Waals surface area contributed by atoms with Gasteiger partial charge in [-0.05, 0) is 79.7 Å². The molecular formula is C37H60N2O14S. The SMILES string of the molecule is CCOCCOCCOc1ccc(CC(O)C(=O)OC(C)(C)C)nc1.CCOCCOCCOc1ccc(CC(OS(C)(=O)=O)C(=O)OC(C)(C)C)nc1. The van der Waals surface area contributed by atoms with Crippen molar-refractivity contribution in [3.63, 3.8) is 0 Å². The summed E-state index contributed by atoms with van der Waals surface area (Å²) in [6, 6.07) is 6.76. The fourth-order valence-electron chi connectivity index (χ4n) is 3.98. The molecule has 2 heterocycles. The Morgan fingerprint density at radius 3 is 1.44 bits per heavy atom. The van der Waals surface area contributed by atoms with Crippen LogP contribution in [-0.2, 0) is 65.2 Å². The van der Waals surface area contributed by atoms with Crippen LogP contribution in [-0.4, -0.2) is 131 Å². The molecule has 0 saturated carbocycles. The van der Waals surface area contributed by atoms with Crippen molar-refractivity contribution in [3.05, 3.63) is 48.0 Å². The zero-order valence-electron chi connectivity index (χ0n) is 33.2. The van der Waals surface area contributed by atoms with Crippen LogP contribution in [0.5, 0.6) is 11.5 Å². The van der Waals surface area contributed by atoms with Crippen LogP contribution in [0.1, 0.15) is 66.8 Å². The lowest BCUT2D eigenvalue weighted by atomic mass is 10.1. The van der Waals surface area contributed by atoms with E-state index in [4.69, 9.17) is 42.1 Å². The highest BCUT2D eigenvalue weighted by atomic mass is 32.2. The van der Waals surface area contributed by atoms with Gasteiger partial charge in [0.2, 0.25) is 0 Å². The van der Waals surface area contributed by atoms with Gasteiger partial charge in [-0.1, -0.05) is 0 Å². The average molecular weight is 789 g/mol. The Balaban J connectivity index is 0.000000546. The second-order valence-corrected chi connectivity index (χ2v) is 15.2. The van der Waals surface area contributed by atoms with Gasteiger partial charge in [0.05, 0.1) is 58.3 Å². The Hall–Kier alpha value is -3.45. The number of rotatable bonds is 24. The largest absolute Gasteiger partial charge is 0.490 e. The van der Waals surface area contributed by atoms with Gasteiger partial charge in [0.25, 0.3) is 10.1 Å². The fraction of sp³-hybridized carbons (Fsp3) is 0.676. The number of nitrogens with zero attached hydrogens (tertiary/aromatic N) is 2. The van der Waals surface area contributed by atoms with E-state index in [1.807, 2.05) is 13.8 Å². The molecule has 2 aromatic rings. The van der Waals surface area contributed by atoms with Crippen LogP contribution < -0.4 is 9.47 Å². The third kappa shape index (κ3) is 25.5. The van der Waals surface area contributed by atoms with Gasteiger partial charge in [0.15, 0.2) is 12.2 Å². The topological polar surface area (TPSA) is 197 Å². The summed E-state index contributed by atoms with van der Waals surface area (Å²) in [7, 11) is -3.85. The Kier molecular flexibility index (Phi) is 23.0. The number of esters is 2.